The molecule has 5 nitrogen and oxygen atoms in total. The van der Waals surface area contributed by atoms with Gasteiger partial charge in [0.25, 0.3) is 0 Å². The van der Waals surface area contributed by atoms with Crippen molar-refractivity contribution in [3.8, 4) is 11.5 Å². The summed E-state index contributed by atoms with van der Waals surface area (Å²) >= 11 is 0. The fraction of sp³-hybridized carbons (Fsp3) is 0.533. The number of benzene rings is 1. The highest BCUT2D eigenvalue weighted by atomic mass is 16.5. The standard InChI is InChI=1S/C15H21NO4/c1-10-7-14(20-3)11(8-13(10)19-2)9-16-6-4-5-12(16)15(17)18/h7-8,12H,4-6,9H2,1-3H3,(H,17,18). The molecule has 20 heavy (non-hydrogen) atoms. The van der Waals surface area contributed by atoms with E-state index < -0.39 is 12.0 Å². The molecule has 0 bridgehead atoms. The van der Waals surface area contributed by atoms with Crippen LogP contribution >= 0.6 is 0 Å². The molecule has 1 saturated heterocycles. The summed E-state index contributed by atoms with van der Waals surface area (Å²) in [6, 6.07) is 3.47. The number of nitrogens with zero attached hydrogens (tertiary/aromatic N) is 1. The molecule has 110 valence electrons. The van der Waals surface area contributed by atoms with Gasteiger partial charge in [0.15, 0.2) is 0 Å². The summed E-state index contributed by atoms with van der Waals surface area (Å²) in [5.41, 5.74) is 1.97. The number of likely N-dealkylation sites (tertiary alicyclic amines) is 1. The van der Waals surface area contributed by atoms with Crippen LogP contribution in [0.25, 0.3) is 0 Å². The molecule has 0 aromatic heterocycles. The third-order valence-corrected chi connectivity index (χ3v) is 3.82. The largest absolute Gasteiger partial charge is 0.496 e. The van der Waals surface area contributed by atoms with E-state index >= 15 is 0 Å². The van der Waals surface area contributed by atoms with Crippen molar-refractivity contribution in [2.45, 2.75) is 32.4 Å². The van der Waals surface area contributed by atoms with Gasteiger partial charge in [0.2, 0.25) is 0 Å². The van der Waals surface area contributed by atoms with Crippen molar-refractivity contribution < 1.29 is 19.4 Å². The van der Waals surface area contributed by atoms with Crippen LogP contribution in [0.1, 0.15) is 24.0 Å². The summed E-state index contributed by atoms with van der Waals surface area (Å²) in [5, 5.41) is 9.24. The average molecular weight is 279 g/mol. The SMILES string of the molecule is COc1cc(CN2CCCC2C(=O)O)c(OC)cc1C. The molecule has 1 aliphatic heterocycles. The van der Waals surface area contributed by atoms with Gasteiger partial charge in [0.05, 0.1) is 14.2 Å². The lowest BCUT2D eigenvalue weighted by Gasteiger charge is -2.23. The van der Waals surface area contributed by atoms with Gasteiger partial charge in [0.1, 0.15) is 17.5 Å². The maximum atomic E-state index is 11.2. The topological polar surface area (TPSA) is 59.0 Å². The van der Waals surface area contributed by atoms with E-state index in [2.05, 4.69) is 0 Å². The first-order valence-corrected chi connectivity index (χ1v) is 6.75. The van der Waals surface area contributed by atoms with Gasteiger partial charge in [-0.05, 0) is 44.0 Å². The molecule has 1 aliphatic rings. The zero-order chi connectivity index (χ0) is 14.7. The van der Waals surface area contributed by atoms with Crippen LogP contribution in [0, 0.1) is 6.92 Å². The van der Waals surface area contributed by atoms with Crippen molar-refractivity contribution in [1.82, 2.24) is 4.90 Å². The van der Waals surface area contributed by atoms with Crippen molar-refractivity contribution in [2.75, 3.05) is 20.8 Å². The van der Waals surface area contributed by atoms with E-state index in [0.717, 1.165) is 35.6 Å². The second-order valence-corrected chi connectivity index (χ2v) is 5.10. The van der Waals surface area contributed by atoms with Crippen molar-refractivity contribution >= 4 is 5.97 Å². The maximum Gasteiger partial charge on any atom is 0.320 e. The monoisotopic (exact) mass is 279 g/mol. The summed E-state index contributed by atoms with van der Waals surface area (Å²) in [6.45, 7) is 3.33. The molecule has 1 unspecified atom stereocenters. The lowest BCUT2D eigenvalue weighted by Crippen LogP contribution is -2.35. The number of carboxylic acid groups (broad SMARTS) is 1. The van der Waals surface area contributed by atoms with Gasteiger partial charge in [-0.3, -0.25) is 9.69 Å². The number of carboxylic acids is 1. The van der Waals surface area contributed by atoms with Crippen molar-refractivity contribution in [2.24, 2.45) is 0 Å². The molecule has 0 spiro atoms. The van der Waals surface area contributed by atoms with Crippen molar-refractivity contribution in [1.29, 1.82) is 0 Å². The van der Waals surface area contributed by atoms with Crippen molar-refractivity contribution in [3.05, 3.63) is 23.3 Å². The second-order valence-electron chi connectivity index (χ2n) is 5.10. The molecule has 1 fully saturated rings. The Kier molecular flexibility index (Phi) is 4.49. The molecule has 5 heteroatoms. The zero-order valence-electron chi connectivity index (χ0n) is 12.2. The minimum Gasteiger partial charge on any atom is -0.496 e. The molecule has 2 rings (SSSR count). The van der Waals surface area contributed by atoms with E-state index in [1.165, 1.54) is 0 Å². The number of hydrogen-bond donors (Lipinski definition) is 1. The van der Waals surface area contributed by atoms with Gasteiger partial charge in [-0.1, -0.05) is 0 Å². The molecule has 0 aliphatic carbocycles. The van der Waals surface area contributed by atoms with Crippen LogP contribution < -0.4 is 9.47 Å². The second kappa shape index (κ2) is 6.13. The molecule has 1 N–H and O–H groups in total. The normalized spacial score (nSPS) is 19.1. The average Bonchev–Trinajstić information content (AvgIpc) is 2.88. The zero-order valence-corrected chi connectivity index (χ0v) is 12.2. The lowest BCUT2D eigenvalue weighted by molar-refractivity contribution is -0.142. The Balaban J connectivity index is 2.25. The molecular formula is C15H21NO4. The summed E-state index contributed by atoms with van der Waals surface area (Å²) in [7, 11) is 3.26. The van der Waals surface area contributed by atoms with E-state index in [9.17, 15) is 9.90 Å². The molecule has 1 heterocycles. The Morgan fingerprint density at radius 2 is 2.05 bits per heavy atom. The summed E-state index contributed by atoms with van der Waals surface area (Å²) in [5.74, 6) is 0.826. The van der Waals surface area contributed by atoms with E-state index in [4.69, 9.17) is 9.47 Å². The first kappa shape index (κ1) is 14.7. The number of ether oxygens (including phenoxy) is 2. The Hall–Kier alpha value is -1.75. The van der Waals surface area contributed by atoms with Crippen LogP contribution in [0.4, 0.5) is 0 Å². The molecular weight excluding hydrogens is 258 g/mol. The smallest absolute Gasteiger partial charge is 0.320 e. The highest BCUT2D eigenvalue weighted by Gasteiger charge is 2.31. The minimum absolute atomic E-state index is 0.396. The Labute approximate surface area is 119 Å². The van der Waals surface area contributed by atoms with Crippen LogP contribution in [-0.4, -0.2) is 42.8 Å². The number of aryl methyl sites for hydroxylation is 1. The van der Waals surface area contributed by atoms with Gasteiger partial charge < -0.3 is 14.6 Å². The van der Waals surface area contributed by atoms with E-state index in [0.29, 0.717) is 13.0 Å². The molecule has 1 aromatic rings. The van der Waals surface area contributed by atoms with E-state index in [1.54, 1.807) is 14.2 Å². The highest BCUT2D eigenvalue weighted by Crippen LogP contribution is 2.31. The highest BCUT2D eigenvalue weighted by molar-refractivity contribution is 5.73. The van der Waals surface area contributed by atoms with Gasteiger partial charge in [-0.25, -0.2) is 0 Å². The number of carbonyl (C=O) groups is 1. The van der Waals surface area contributed by atoms with Crippen LogP contribution in [-0.2, 0) is 11.3 Å². The van der Waals surface area contributed by atoms with Crippen LogP contribution in [0.2, 0.25) is 0 Å². The quantitative estimate of drug-likeness (QED) is 0.894. The predicted molar refractivity (Wildman–Crippen MR) is 75.4 cm³/mol. The van der Waals surface area contributed by atoms with Crippen LogP contribution in [0.15, 0.2) is 12.1 Å². The molecule has 0 amide bonds. The third kappa shape index (κ3) is 2.88. The van der Waals surface area contributed by atoms with Crippen molar-refractivity contribution in [3.63, 3.8) is 0 Å². The Morgan fingerprint density at radius 3 is 2.65 bits per heavy atom. The minimum atomic E-state index is -0.749. The van der Waals surface area contributed by atoms with Gasteiger partial charge >= 0.3 is 5.97 Å². The van der Waals surface area contributed by atoms with E-state index in [-0.39, 0.29) is 0 Å². The van der Waals surface area contributed by atoms with Crippen LogP contribution in [0.5, 0.6) is 11.5 Å². The van der Waals surface area contributed by atoms with E-state index in [1.807, 2.05) is 24.0 Å². The molecule has 1 aromatic carbocycles. The molecule has 0 saturated carbocycles. The third-order valence-electron chi connectivity index (χ3n) is 3.82. The summed E-state index contributed by atoms with van der Waals surface area (Å²) in [6.07, 6.45) is 1.63. The molecule has 0 radical (unpaired) electrons. The van der Waals surface area contributed by atoms with Gasteiger partial charge in [-0.2, -0.15) is 0 Å². The van der Waals surface area contributed by atoms with Crippen LogP contribution in [0.3, 0.4) is 0 Å². The number of rotatable bonds is 5. The predicted octanol–water partition coefficient (Wildman–Crippen LogP) is 2.06. The summed E-state index contributed by atoms with van der Waals surface area (Å²) in [4.78, 5) is 13.2. The first-order chi connectivity index (χ1) is 9.56. The fourth-order valence-corrected chi connectivity index (χ4v) is 2.75. The number of hydrogen-bond acceptors (Lipinski definition) is 4. The maximum absolute atomic E-state index is 11.2. The number of methoxy groups -OCH3 is 2. The summed E-state index contributed by atoms with van der Waals surface area (Å²) < 4.78 is 10.7. The molecule has 1 atom stereocenters. The van der Waals surface area contributed by atoms with Gasteiger partial charge in [0, 0.05) is 12.1 Å². The fourth-order valence-electron chi connectivity index (χ4n) is 2.75. The van der Waals surface area contributed by atoms with Gasteiger partial charge in [-0.15, -0.1) is 0 Å². The Bertz CT molecular complexity index is 501. The Morgan fingerprint density at radius 1 is 1.35 bits per heavy atom. The first-order valence-electron chi connectivity index (χ1n) is 6.75. The lowest BCUT2D eigenvalue weighted by atomic mass is 10.1. The number of aliphatic carboxylic acids is 1.